The Hall–Kier alpha value is -2.28. The van der Waals surface area contributed by atoms with Crippen LogP contribution in [0.15, 0.2) is 41.3 Å². The van der Waals surface area contributed by atoms with Gasteiger partial charge in [0.2, 0.25) is 0 Å². The van der Waals surface area contributed by atoms with Crippen LogP contribution in [0.2, 0.25) is 0 Å². The number of halogens is 1. The van der Waals surface area contributed by atoms with E-state index in [0.717, 1.165) is 23.8 Å². The summed E-state index contributed by atoms with van der Waals surface area (Å²) in [6.07, 6.45) is 0. The maximum atomic E-state index is 13.3. The van der Waals surface area contributed by atoms with Crippen molar-refractivity contribution in [2.45, 2.75) is 17.6 Å². The van der Waals surface area contributed by atoms with E-state index in [0.29, 0.717) is 10.6 Å². The van der Waals surface area contributed by atoms with Crippen molar-refractivity contribution in [3.8, 4) is 0 Å². The summed E-state index contributed by atoms with van der Waals surface area (Å²) < 4.78 is 25.6. The van der Waals surface area contributed by atoms with Crippen LogP contribution >= 0.6 is 0 Å². The third kappa shape index (κ3) is 3.25. The van der Waals surface area contributed by atoms with Crippen molar-refractivity contribution < 1.29 is 13.5 Å². The highest BCUT2D eigenvalue weighted by Crippen LogP contribution is 2.26. The smallest absolute Gasteiger partial charge is 0.273 e. The fourth-order valence-corrected chi connectivity index (χ4v) is 3.22. The number of hydrogen-bond acceptors (Lipinski definition) is 4. The largest absolute Gasteiger partial charge is 0.398 e. The Kier molecular flexibility index (Phi) is 4.32. The number of nitrogen functional groups attached to an aromatic ring is 1. The number of rotatable bonds is 4. The van der Waals surface area contributed by atoms with E-state index >= 15 is 0 Å². The van der Waals surface area contributed by atoms with E-state index in [-0.39, 0.29) is 17.0 Å². The molecule has 2 aromatic rings. The molecule has 0 aliphatic heterocycles. The van der Waals surface area contributed by atoms with Gasteiger partial charge >= 0.3 is 0 Å². The number of aryl methyl sites for hydroxylation is 1. The van der Waals surface area contributed by atoms with Crippen LogP contribution in [-0.2, 0) is 16.6 Å². The number of nitro benzene ring substituents is 1. The van der Waals surface area contributed by atoms with Crippen LogP contribution in [0, 0.1) is 22.9 Å². The van der Waals surface area contributed by atoms with Crippen LogP contribution < -0.4 is 5.73 Å². The average Bonchev–Trinajstić information content (AvgIpc) is 2.41. The van der Waals surface area contributed by atoms with E-state index in [1.165, 1.54) is 0 Å². The van der Waals surface area contributed by atoms with Gasteiger partial charge in [-0.3, -0.25) is 14.3 Å². The topological polar surface area (TPSA) is 86.2 Å². The minimum atomic E-state index is -1.59. The van der Waals surface area contributed by atoms with E-state index in [1.54, 1.807) is 25.1 Å². The number of hydrogen-bond donors (Lipinski definition) is 1. The SMILES string of the molecule is Cc1cccc(S(=O)Cc2cc(F)ccc2[N+](=O)[O-])c1N. The highest BCUT2D eigenvalue weighted by Gasteiger charge is 2.18. The molecule has 0 saturated carbocycles. The highest BCUT2D eigenvalue weighted by molar-refractivity contribution is 7.84. The second-order valence-electron chi connectivity index (χ2n) is 4.51. The quantitative estimate of drug-likeness (QED) is 0.534. The Bertz CT molecular complexity index is 734. The van der Waals surface area contributed by atoms with Crippen molar-refractivity contribution in [1.29, 1.82) is 0 Å². The zero-order valence-electron chi connectivity index (χ0n) is 11.2. The molecule has 5 nitrogen and oxygen atoms in total. The maximum Gasteiger partial charge on any atom is 0.273 e. The molecule has 0 radical (unpaired) electrons. The predicted molar refractivity (Wildman–Crippen MR) is 78.8 cm³/mol. The monoisotopic (exact) mass is 308 g/mol. The molecular weight excluding hydrogens is 295 g/mol. The number of para-hydroxylation sites is 1. The molecule has 110 valence electrons. The second-order valence-corrected chi connectivity index (χ2v) is 5.93. The van der Waals surface area contributed by atoms with Gasteiger partial charge in [-0.15, -0.1) is 0 Å². The van der Waals surface area contributed by atoms with Crippen LogP contribution in [0.4, 0.5) is 15.8 Å². The fraction of sp³-hybridized carbons (Fsp3) is 0.143. The molecule has 2 N–H and O–H groups in total. The third-order valence-electron chi connectivity index (χ3n) is 3.05. The summed E-state index contributed by atoms with van der Waals surface area (Å²) in [6.45, 7) is 1.78. The van der Waals surface area contributed by atoms with Gasteiger partial charge in [0.25, 0.3) is 5.69 Å². The summed E-state index contributed by atoms with van der Waals surface area (Å²) in [5.41, 5.74) is 6.85. The van der Waals surface area contributed by atoms with Crippen LogP contribution in [0.1, 0.15) is 11.1 Å². The molecular formula is C14H13FN2O3S. The molecule has 1 unspecified atom stereocenters. The molecule has 0 aliphatic carbocycles. The zero-order valence-corrected chi connectivity index (χ0v) is 12.0. The molecule has 1 atom stereocenters. The van der Waals surface area contributed by atoms with Crippen molar-refractivity contribution in [1.82, 2.24) is 0 Å². The Balaban J connectivity index is 2.38. The van der Waals surface area contributed by atoms with E-state index in [2.05, 4.69) is 0 Å². The highest BCUT2D eigenvalue weighted by atomic mass is 32.2. The number of benzene rings is 2. The van der Waals surface area contributed by atoms with Crippen LogP contribution in [-0.4, -0.2) is 9.13 Å². The molecule has 7 heteroatoms. The Morgan fingerprint density at radius 2 is 2.05 bits per heavy atom. The first kappa shape index (κ1) is 15.1. The fourth-order valence-electron chi connectivity index (χ4n) is 1.92. The van der Waals surface area contributed by atoms with E-state index in [1.807, 2.05) is 0 Å². The molecule has 2 rings (SSSR count). The van der Waals surface area contributed by atoms with Crippen LogP contribution in [0.5, 0.6) is 0 Å². The summed E-state index contributed by atoms with van der Waals surface area (Å²) in [6, 6.07) is 8.19. The van der Waals surface area contributed by atoms with Gasteiger partial charge in [-0.2, -0.15) is 0 Å². The normalized spacial score (nSPS) is 12.1. The lowest BCUT2D eigenvalue weighted by Crippen LogP contribution is -2.04. The van der Waals surface area contributed by atoms with E-state index in [4.69, 9.17) is 5.73 Å². The first-order valence-electron chi connectivity index (χ1n) is 6.06. The van der Waals surface area contributed by atoms with Gasteiger partial charge in [0, 0.05) is 11.6 Å². The number of nitrogens with two attached hydrogens (primary N) is 1. The molecule has 0 spiro atoms. The molecule has 0 fully saturated rings. The van der Waals surface area contributed by atoms with E-state index < -0.39 is 21.5 Å². The van der Waals surface area contributed by atoms with Crippen molar-refractivity contribution in [2.24, 2.45) is 0 Å². The van der Waals surface area contributed by atoms with Gasteiger partial charge < -0.3 is 5.73 Å². The van der Waals surface area contributed by atoms with Crippen LogP contribution in [0.25, 0.3) is 0 Å². The van der Waals surface area contributed by atoms with Gasteiger partial charge in [0.05, 0.1) is 32.1 Å². The van der Waals surface area contributed by atoms with Crippen molar-refractivity contribution in [2.75, 3.05) is 5.73 Å². The number of nitro groups is 1. The molecule has 0 bridgehead atoms. The summed E-state index contributed by atoms with van der Waals surface area (Å²) >= 11 is 0. The third-order valence-corrected chi connectivity index (χ3v) is 4.47. The van der Waals surface area contributed by atoms with Gasteiger partial charge in [-0.1, -0.05) is 12.1 Å². The second kappa shape index (κ2) is 6.01. The first-order chi connectivity index (χ1) is 9.90. The number of anilines is 1. The van der Waals surface area contributed by atoms with Gasteiger partial charge in [0.15, 0.2) is 0 Å². The molecule has 0 saturated heterocycles. The van der Waals surface area contributed by atoms with E-state index in [9.17, 15) is 18.7 Å². The van der Waals surface area contributed by atoms with Gasteiger partial charge in [0.1, 0.15) is 5.82 Å². The average molecular weight is 308 g/mol. The van der Waals surface area contributed by atoms with Crippen LogP contribution in [0.3, 0.4) is 0 Å². The van der Waals surface area contributed by atoms with Crippen molar-refractivity contribution in [3.63, 3.8) is 0 Å². The first-order valence-corrected chi connectivity index (χ1v) is 7.38. The van der Waals surface area contributed by atoms with Gasteiger partial charge in [-0.05, 0) is 30.7 Å². The summed E-state index contributed by atoms with van der Waals surface area (Å²) in [5.74, 6) is -0.772. The molecule has 2 aromatic carbocycles. The molecule has 21 heavy (non-hydrogen) atoms. The summed E-state index contributed by atoms with van der Waals surface area (Å²) in [4.78, 5) is 10.7. The lowest BCUT2D eigenvalue weighted by Gasteiger charge is -2.08. The van der Waals surface area contributed by atoms with Gasteiger partial charge in [-0.25, -0.2) is 4.39 Å². The zero-order chi connectivity index (χ0) is 15.6. The summed E-state index contributed by atoms with van der Waals surface area (Å²) in [5, 5.41) is 10.9. The Morgan fingerprint density at radius 3 is 2.71 bits per heavy atom. The maximum absolute atomic E-state index is 13.3. The van der Waals surface area contributed by atoms with Crippen molar-refractivity contribution in [3.05, 3.63) is 63.5 Å². The van der Waals surface area contributed by atoms with Crippen molar-refractivity contribution >= 4 is 22.2 Å². The molecule has 0 aromatic heterocycles. The Morgan fingerprint density at radius 1 is 1.33 bits per heavy atom. The predicted octanol–water partition coefficient (Wildman–Crippen LogP) is 2.93. The lowest BCUT2D eigenvalue weighted by molar-refractivity contribution is -0.385. The molecule has 0 aliphatic rings. The minimum Gasteiger partial charge on any atom is -0.398 e. The lowest BCUT2D eigenvalue weighted by atomic mass is 10.2. The Labute approximate surface area is 123 Å². The number of nitrogens with zero attached hydrogens (tertiary/aromatic N) is 1. The molecule has 0 heterocycles. The molecule has 0 amide bonds. The standard InChI is InChI=1S/C14H13FN2O3S/c1-9-3-2-4-13(14(9)16)21(20)8-10-7-11(15)5-6-12(10)17(18)19/h2-7H,8,16H2,1H3. The summed E-state index contributed by atoms with van der Waals surface area (Å²) in [7, 11) is -1.59. The minimum absolute atomic E-state index is 0.0826.